The summed E-state index contributed by atoms with van der Waals surface area (Å²) in [4.78, 5) is 21.9. The molecule has 1 aromatic heterocycles. The van der Waals surface area contributed by atoms with E-state index in [1.807, 2.05) is 0 Å². The van der Waals surface area contributed by atoms with Crippen LogP contribution in [0, 0.1) is 12.7 Å². The van der Waals surface area contributed by atoms with Gasteiger partial charge in [-0.15, -0.1) is 0 Å². The van der Waals surface area contributed by atoms with E-state index in [1.54, 1.807) is 51.0 Å². The molecule has 0 spiro atoms. The van der Waals surface area contributed by atoms with Gasteiger partial charge in [0.2, 0.25) is 5.91 Å². The summed E-state index contributed by atoms with van der Waals surface area (Å²) in [5, 5.41) is 20.5. The number of aliphatic hydroxyl groups is 2. The molecule has 0 radical (unpaired) electrons. The number of rotatable bonds is 8. The Morgan fingerprint density at radius 3 is 2.60 bits per heavy atom. The highest BCUT2D eigenvalue weighted by molar-refractivity contribution is 6.30. The number of amides is 1. The molecule has 1 aliphatic heterocycles. The first-order valence-corrected chi connectivity index (χ1v) is 13.1. The number of pyridine rings is 1. The van der Waals surface area contributed by atoms with Gasteiger partial charge in [-0.3, -0.25) is 4.79 Å². The Labute approximate surface area is 235 Å². The Bertz CT molecular complexity index is 1400. The van der Waals surface area contributed by atoms with Crippen LogP contribution in [0.4, 0.5) is 24.7 Å². The highest BCUT2D eigenvalue weighted by Gasteiger charge is 2.39. The Hall–Kier alpha value is -3.34. The molecular weight excluding hydrogens is 547 g/mol. The summed E-state index contributed by atoms with van der Waals surface area (Å²) in [6, 6.07) is 9.70. The number of ether oxygens (including phenoxy) is 1. The van der Waals surface area contributed by atoms with E-state index in [0.29, 0.717) is 40.2 Å². The highest BCUT2D eigenvalue weighted by atomic mass is 35.5. The number of β-amino-alcohol motifs (C(OH)–C–C–N with tert-alkyl or cyclic N) is 1. The molecule has 1 amide bonds. The summed E-state index contributed by atoms with van der Waals surface area (Å²) in [5.41, 5.74) is 1.33. The fraction of sp³-hybridized carbons (Fsp3) is 0.379. The van der Waals surface area contributed by atoms with Gasteiger partial charge in [0.25, 0.3) is 0 Å². The molecule has 11 heteroatoms. The van der Waals surface area contributed by atoms with Crippen LogP contribution in [0.5, 0.6) is 5.75 Å². The number of nitrogens with zero attached hydrogens (tertiary/aromatic N) is 3. The molecule has 0 saturated carbocycles. The second kappa shape index (κ2) is 11.6. The topological polar surface area (TPSA) is 86.1 Å². The van der Waals surface area contributed by atoms with E-state index in [-0.39, 0.29) is 23.9 Å². The van der Waals surface area contributed by atoms with Gasteiger partial charge in [0.05, 0.1) is 29.9 Å². The van der Waals surface area contributed by atoms with Crippen molar-refractivity contribution in [2.45, 2.75) is 51.4 Å². The summed E-state index contributed by atoms with van der Waals surface area (Å²) in [7, 11) is 1.56. The largest absolute Gasteiger partial charge is 0.435 e. The minimum Gasteiger partial charge on any atom is -0.435 e. The summed E-state index contributed by atoms with van der Waals surface area (Å²) >= 11 is 6.19. The van der Waals surface area contributed by atoms with Gasteiger partial charge in [0.15, 0.2) is 5.82 Å². The first-order valence-electron chi connectivity index (χ1n) is 12.7. The van der Waals surface area contributed by atoms with Gasteiger partial charge in [0.1, 0.15) is 11.6 Å². The maximum absolute atomic E-state index is 14.2. The third kappa shape index (κ3) is 5.89. The predicted molar refractivity (Wildman–Crippen MR) is 148 cm³/mol. The number of carbonyl (C=O) groups excluding carboxylic acids is 1. The van der Waals surface area contributed by atoms with Crippen LogP contribution >= 0.6 is 11.6 Å². The zero-order valence-electron chi connectivity index (χ0n) is 22.5. The number of benzene rings is 2. The van der Waals surface area contributed by atoms with Crippen LogP contribution in [0.15, 0.2) is 48.7 Å². The average Bonchev–Trinajstić information content (AvgIpc) is 3.27. The third-order valence-corrected chi connectivity index (χ3v) is 7.47. The first-order chi connectivity index (χ1) is 18.8. The molecule has 4 rings (SSSR count). The van der Waals surface area contributed by atoms with E-state index in [4.69, 9.17) is 11.6 Å². The number of hydrogen-bond acceptors (Lipinski definition) is 6. The first kappa shape index (κ1) is 29.6. The SMILES string of the molecule is Cc1cc(F)ccc1-c1ccnc(N2C[C@H](O)C[C@H]2CO)c1N(C)C(=O)C(C)(C)c1cc(Cl)cc(OC(F)F)c1. The molecule has 40 heavy (non-hydrogen) atoms. The monoisotopic (exact) mass is 577 g/mol. The van der Waals surface area contributed by atoms with Gasteiger partial charge in [0, 0.05) is 30.4 Å². The van der Waals surface area contributed by atoms with Gasteiger partial charge < -0.3 is 24.7 Å². The van der Waals surface area contributed by atoms with Crippen LogP contribution in [-0.2, 0) is 10.2 Å². The van der Waals surface area contributed by atoms with E-state index < -0.39 is 35.9 Å². The van der Waals surface area contributed by atoms with Crippen LogP contribution in [0.3, 0.4) is 0 Å². The van der Waals surface area contributed by atoms with Crippen molar-refractivity contribution in [1.29, 1.82) is 0 Å². The summed E-state index contributed by atoms with van der Waals surface area (Å²) < 4.78 is 44.4. The second-order valence-electron chi connectivity index (χ2n) is 10.4. The van der Waals surface area contributed by atoms with Gasteiger partial charge in [-0.25, -0.2) is 9.37 Å². The summed E-state index contributed by atoms with van der Waals surface area (Å²) in [6.45, 7) is 1.90. The van der Waals surface area contributed by atoms with E-state index >= 15 is 0 Å². The minimum absolute atomic E-state index is 0.123. The molecule has 214 valence electrons. The number of alkyl halides is 2. The van der Waals surface area contributed by atoms with Crippen molar-refractivity contribution in [3.05, 3.63) is 70.6 Å². The molecule has 2 atom stereocenters. The number of aliphatic hydroxyl groups excluding tert-OH is 2. The fourth-order valence-electron chi connectivity index (χ4n) is 5.19. The quantitative estimate of drug-likeness (QED) is 0.377. The molecule has 1 aliphatic rings. The van der Waals surface area contributed by atoms with Crippen LogP contribution in [0.1, 0.15) is 31.4 Å². The summed E-state index contributed by atoms with van der Waals surface area (Å²) in [6.07, 6.45) is 1.17. The number of aryl methyl sites for hydroxylation is 1. The molecule has 3 aromatic rings. The van der Waals surface area contributed by atoms with Crippen molar-refractivity contribution >= 4 is 29.0 Å². The lowest BCUT2D eigenvalue weighted by Crippen LogP contribution is -2.43. The van der Waals surface area contributed by atoms with E-state index in [0.717, 1.165) is 0 Å². The van der Waals surface area contributed by atoms with Crippen LogP contribution in [0.2, 0.25) is 5.02 Å². The fourth-order valence-corrected chi connectivity index (χ4v) is 5.42. The molecule has 0 bridgehead atoms. The Balaban J connectivity index is 1.87. The normalized spacial score (nSPS) is 17.4. The van der Waals surface area contributed by atoms with Crippen LogP contribution in [-0.4, -0.2) is 60.1 Å². The zero-order chi connectivity index (χ0) is 29.4. The molecule has 0 unspecified atom stereocenters. The minimum atomic E-state index is -3.07. The number of halogens is 4. The Kier molecular flexibility index (Phi) is 8.63. The molecule has 0 aliphatic carbocycles. The molecule has 2 heterocycles. The molecule has 7 nitrogen and oxygen atoms in total. The maximum Gasteiger partial charge on any atom is 0.387 e. The molecule has 1 fully saturated rings. The third-order valence-electron chi connectivity index (χ3n) is 7.25. The zero-order valence-corrected chi connectivity index (χ0v) is 23.3. The standard InChI is InChI=1S/C29H31ClF3N3O4/c1-16-9-19(31)5-6-23(16)24-7-8-34-26(36-14-21(38)13-20(36)15-37)25(24)35(4)27(39)29(2,3)17-10-18(30)12-22(11-17)40-28(32)33/h5-12,20-21,28,37-38H,13-15H2,1-4H3/t20-,21+/m0/s1. The van der Waals surface area contributed by atoms with E-state index in [2.05, 4.69) is 9.72 Å². The van der Waals surface area contributed by atoms with Crippen molar-refractivity contribution in [3.8, 4) is 16.9 Å². The van der Waals surface area contributed by atoms with Crippen molar-refractivity contribution < 1.29 is 32.9 Å². The van der Waals surface area contributed by atoms with Gasteiger partial charge in [-0.05, 0) is 80.3 Å². The molecule has 2 aromatic carbocycles. The van der Waals surface area contributed by atoms with Crippen molar-refractivity contribution in [3.63, 3.8) is 0 Å². The van der Waals surface area contributed by atoms with Crippen molar-refractivity contribution in [1.82, 2.24) is 4.98 Å². The number of anilines is 2. The average molecular weight is 578 g/mol. The highest BCUT2D eigenvalue weighted by Crippen LogP contribution is 2.43. The van der Waals surface area contributed by atoms with E-state index in [9.17, 15) is 28.2 Å². The van der Waals surface area contributed by atoms with Crippen molar-refractivity contribution in [2.24, 2.45) is 0 Å². The number of likely N-dealkylation sites (N-methyl/N-ethyl adjacent to an activating group) is 1. The summed E-state index contributed by atoms with van der Waals surface area (Å²) in [5.74, 6) is -0.652. The maximum atomic E-state index is 14.2. The lowest BCUT2D eigenvalue weighted by molar-refractivity contribution is -0.122. The number of carbonyl (C=O) groups is 1. The molecule has 2 N–H and O–H groups in total. The van der Waals surface area contributed by atoms with Crippen LogP contribution in [0.25, 0.3) is 11.1 Å². The molecular formula is C29H31ClF3N3O4. The van der Waals surface area contributed by atoms with Gasteiger partial charge in [-0.1, -0.05) is 17.7 Å². The number of hydrogen-bond donors (Lipinski definition) is 2. The Morgan fingerprint density at radius 1 is 1.23 bits per heavy atom. The number of aromatic nitrogens is 1. The predicted octanol–water partition coefficient (Wildman–Crippen LogP) is 5.32. The molecule has 1 saturated heterocycles. The van der Waals surface area contributed by atoms with Gasteiger partial charge in [-0.2, -0.15) is 8.78 Å². The second-order valence-corrected chi connectivity index (χ2v) is 10.8. The van der Waals surface area contributed by atoms with Gasteiger partial charge >= 0.3 is 6.61 Å². The van der Waals surface area contributed by atoms with Crippen LogP contribution < -0.4 is 14.5 Å². The lowest BCUT2D eigenvalue weighted by atomic mass is 9.82. The van der Waals surface area contributed by atoms with E-state index in [1.165, 1.54) is 35.2 Å². The lowest BCUT2D eigenvalue weighted by Gasteiger charge is -2.35. The van der Waals surface area contributed by atoms with Crippen molar-refractivity contribution in [2.75, 3.05) is 30.0 Å². The Morgan fingerprint density at radius 2 is 1.95 bits per heavy atom. The smallest absolute Gasteiger partial charge is 0.387 e.